The molecule has 2 aromatic rings. The molecule has 2 heterocycles. The Labute approximate surface area is 102 Å². The number of hydrogen-bond donors (Lipinski definition) is 1. The summed E-state index contributed by atoms with van der Waals surface area (Å²) in [5.74, 6) is 2.08. The number of thiophene rings is 1. The van der Waals surface area contributed by atoms with Gasteiger partial charge in [0.15, 0.2) is 5.82 Å². The molecule has 86 valence electrons. The molecule has 0 radical (unpaired) electrons. The van der Waals surface area contributed by atoms with E-state index in [2.05, 4.69) is 17.1 Å². The van der Waals surface area contributed by atoms with Crippen molar-refractivity contribution in [1.82, 2.24) is 10.1 Å². The first kappa shape index (κ1) is 11.6. The van der Waals surface area contributed by atoms with Crippen LogP contribution in [-0.2, 0) is 5.75 Å². The Bertz CT molecular complexity index is 427. The molecule has 0 fully saturated rings. The Morgan fingerprint density at radius 3 is 3.19 bits per heavy atom. The van der Waals surface area contributed by atoms with Crippen molar-refractivity contribution in [3.05, 3.63) is 23.3 Å². The molecule has 1 unspecified atom stereocenters. The van der Waals surface area contributed by atoms with Gasteiger partial charge in [-0.3, -0.25) is 0 Å². The minimum absolute atomic E-state index is 0.420. The van der Waals surface area contributed by atoms with Crippen LogP contribution in [0, 0.1) is 0 Å². The van der Waals surface area contributed by atoms with Crippen molar-refractivity contribution in [2.75, 3.05) is 6.54 Å². The van der Waals surface area contributed by atoms with E-state index in [1.165, 1.54) is 0 Å². The second-order valence-electron chi connectivity index (χ2n) is 3.35. The van der Waals surface area contributed by atoms with Crippen LogP contribution in [0.3, 0.4) is 0 Å². The lowest BCUT2D eigenvalue weighted by atomic mass is 10.5. The molecule has 16 heavy (non-hydrogen) atoms. The molecule has 0 aliphatic heterocycles. The van der Waals surface area contributed by atoms with Gasteiger partial charge in [0.05, 0.1) is 10.6 Å². The standard InChI is InChI=1S/C10H13N3OS2/c1-7(5-11)16-6-9-12-10(14-13-9)8-3-2-4-15-8/h2-4,7H,5-6,11H2,1H3. The molecular formula is C10H13N3OS2. The zero-order valence-electron chi connectivity index (χ0n) is 8.92. The largest absolute Gasteiger partial charge is 0.333 e. The molecule has 0 spiro atoms. The minimum atomic E-state index is 0.420. The number of aromatic nitrogens is 2. The first-order valence-corrected chi connectivity index (χ1v) is 6.90. The van der Waals surface area contributed by atoms with Crippen LogP contribution in [0.15, 0.2) is 22.0 Å². The predicted molar refractivity (Wildman–Crippen MR) is 67.4 cm³/mol. The fraction of sp³-hybridized carbons (Fsp3) is 0.400. The van der Waals surface area contributed by atoms with Crippen molar-refractivity contribution in [3.8, 4) is 10.8 Å². The fourth-order valence-electron chi connectivity index (χ4n) is 1.10. The summed E-state index contributed by atoms with van der Waals surface area (Å²) in [6, 6.07) is 3.94. The first-order valence-electron chi connectivity index (χ1n) is 4.97. The lowest BCUT2D eigenvalue weighted by Gasteiger charge is -2.04. The molecule has 6 heteroatoms. The van der Waals surface area contributed by atoms with Gasteiger partial charge in [-0.05, 0) is 11.4 Å². The summed E-state index contributed by atoms with van der Waals surface area (Å²) < 4.78 is 5.18. The smallest absolute Gasteiger partial charge is 0.268 e. The van der Waals surface area contributed by atoms with Crippen LogP contribution in [0.4, 0.5) is 0 Å². The van der Waals surface area contributed by atoms with E-state index >= 15 is 0 Å². The van der Waals surface area contributed by atoms with E-state index in [4.69, 9.17) is 10.3 Å². The molecule has 0 aliphatic rings. The highest BCUT2D eigenvalue weighted by atomic mass is 32.2. The Kier molecular flexibility index (Phi) is 3.98. The third kappa shape index (κ3) is 2.84. The lowest BCUT2D eigenvalue weighted by molar-refractivity contribution is 0.426. The van der Waals surface area contributed by atoms with E-state index in [1.807, 2.05) is 17.5 Å². The molecule has 0 aromatic carbocycles. The molecule has 0 bridgehead atoms. The van der Waals surface area contributed by atoms with Gasteiger partial charge in [0.25, 0.3) is 5.89 Å². The zero-order valence-corrected chi connectivity index (χ0v) is 10.6. The fourth-order valence-corrected chi connectivity index (χ4v) is 2.43. The second kappa shape index (κ2) is 5.47. The van der Waals surface area contributed by atoms with Crippen LogP contribution in [0.1, 0.15) is 12.7 Å². The van der Waals surface area contributed by atoms with Gasteiger partial charge in [-0.25, -0.2) is 0 Å². The van der Waals surface area contributed by atoms with E-state index in [0.29, 0.717) is 17.7 Å². The van der Waals surface area contributed by atoms with E-state index < -0.39 is 0 Å². The van der Waals surface area contributed by atoms with Gasteiger partial charge in [0.2, 0.25) is 0 Å². The number of thioether (sulfide) groups is 1. The van der Waals surface area contributed by atoms with Crippen molar-refractivity contribution in [2.45, 2.75) is 17.9 Å². The summed E-state index contributed by atoms with van der Waals surface area (Å²) in [6.07, 6.45) is 0. The van der Waals surface area contributed by atoms with E-state index in [-0.39, 0.29) is 0 Å². The molecule has 1 atom stereocenters. The maximum atomic E-state index is 5.54. The van der Waals surface area contributed by atoms with Gasteiger partial charge in [0.1, 0.15) is 0 Å². The molecule has 4 nitrogen and oxygen atoms in total. The van der Waals surface area contributed by atoms with Crippen molar-refractivity contribution >= 4 is 23.1 Å². The van der Waals surface area contributed by atoms with Gasteiger partial charge < -0.3 is 10.3 Å². The highest BCUT2D eigenvalue weighted by Gasteiger charge is 2.10. The van der Waals surface area contributed by atoms with Crippen LogP contribution < -0.4 is 5.73 Å². The molecule has 0 aliphatic carbocycles. The topological polar surface area (TPSA) is 64.9 Å². The molecule has 0 amide bonds. The molecule has 2 N–H and O–H groups in total. The third-order valence-corrected chi connectivity index (χ3v) is 4.07. The number of nitrogens with zero attached hydrogens (tertiary/aromatic N) is 2. The highest BCUT2D eigenvalue weighted by Crippen LogP contribution is 2.23. The van der Waals surface area contributed by atoms with Crippen molar-refractivity contribution in [1.29, 1.82) is 0 Å². The van der Waals surface area contributed by atoms with Gasteiger partial charge >= 0.3 is 0 Å². The van der Waals surface area contributed by atoms with Crippen molar-refractivity contribution < 1.29 is 4.52 Å². The zero-order chi connectivity index (χ0) is 11.4. The van der Waals surface area contributed by atoms with Gasteiger partial charge in [-0.2, -0.15) is 4.98 Å². The maximum absolute atomic E-state index is 5.54. The quantitative estimate of drug-likeness (QED) is 0.888. The Morgan fingerprint density at radius 2 is 2.50 bits per heavy atom. The van der Waals surface area contributed by atoms with E-state index in [9.17, 15) is 0 Å². The molecular weight excluding hydrogens is 242 g/mol. The van der Waals surface area contributed by atoms with Crippen molar-refractivity contribution in [2.24, 2.45) is 5.73 Å². The monoisotopic (exact) mass is 255 g/mol. The average molecular weight is 255 g/mol. The minimum Gasteiger partial charge on any atom is -0.333 e. The van der Waals surface area contributed by atoms with Crippen LogP contribution in [0.25, 0.3) is 10.8 Å². The van der Waals surface area contributed by atoms with Crippen LogP contribution >= 0.6 is 23.1 Å². The van der Waals surface area contributed by atoms with E-state index in [0.717, 1.165) is 16.5 Å². The number of rotatable bonds is 5. The summed E-state index contributed by atoms with van der Waals surface area (Å²) in [5.41, 5.74) is 5.54. The molecule has 2 aromatic heterocycles. The van der Waals surface area contributed by atoms with E-state index in [1.54, 1.807) is 23.1 Å². The molecule has 0 saturated heterocycles. The van der Waals surface area contributed by atoms with Gasteiger partial charge in [-0.1, -0.05) is 18.1 Å². The number of nitrogens with two attached hydrogens (primary N) is 1. The summed E-state index contributed by atoms with van der Waals surface area (Å²) in [6.45, 7) is 2.76. The summed E-state index contributed by atoms with van der Waals surface area (Å²) in [5, 5.41) is 6.35. The molecule has 2 rings (SSSR count). The first-order chi connectivity index (χ1) is 7.79. The SMILES string of the molecule is CC(CN)SCc1noc(-c2cccs2)n1. The number of hydrogen-bond acceptors (Lipinski definition) is 6. The summed E-state index contributed by atoms with van der Waals surface area (Å²) in [7, 11) is 0. The summed E-state index contributed by atoms with van der Waals surface area (Å²) in [4.78, 5) is 5.34. The van der Waals surface area contributed by atoms with Crippen molar-refractivity contribution in [3.63, 3.8) is 0 Å². The maximum Gasteiger partial charge on any atom is 0.268 e. The molecule has 0 saturated carbocycles. The van der Waals surface area contributed by atoms with Crippen LogP contribution in [-0.4, -0.2) is 21.9 Å². The van der Waals surface area contributed by atoms with Gasteiger partial charge in [0, 0.05) is 11.8 Å². The normalized spacial score (nSPS) is 12.9. The van der Waals surface area contributed by atoms with Gasteiger partial charge in [-0.15, -0.1) is 23.1 Å². The van der Waals surface area contributed by atoms with Crippen LogP contribution in [0.2, 0.25) is 0 Å². The summed E-state index contributed by atoms with van der Waals surface area (Å²) >= 11 is 3.33. The Balaban J connectivity index is 1.98. The average Bonchev–Trinajstić information content (AvgIpc) is 2.95. The Hall–Kier alpha value is -0.850. The Morgan fingerprint density at radius 1 is 1.62 bits per heavy atom. The second-order valence-corrected chi connectivity index (χ2v) is 5.72. The lowest BCUT2D eigenvalue weighted by Crippen LogP contribution is -2.12. The third-order valence-electron chi connectivity index (χ3n) is 2.03. The van der Waals surface area contributed by atoms with Crippen LogP contribution in [0.5, 0.6) is 0 Å². The predicted octanol–water partition coefficient (Wildman–Crippen LogP) is 2.38. The highest BCUT2D eigenvalue weighted by molar-refractivity contribution is 7.99.